The number of hydrogen-bond acceptors (Lipinski definition) is 3. The van der Waals surface area contributed by atoms with Gasteiger partial charge in [-0.25, -0.2) is 6.07 Å². The van der Waals surface area contributed by atoms with Crippen molar-refractivity contribution in [2.24, 2.45) is 0 Å². The van der Waals surface area contributed by atoms with Crippen LogP contribution in [-0.4, -0.2) is 17.7 Å². The van der Waals surface area contributed by atoms with E-state index < -0.39 is 0 Å². The average molecular weight is 471 g/mol. The SMILES string of the molecule is CCCCCC(=O)c1ccc(N2C(=O)CC[C@@H]2CCCc2cc[c-]s2)cc1.[Y]. The zero-order valence-electron chi connectivity index (χ0n) is 16.7. The van der Waals surface area contributed by atoms with Crippen molar-refractivity contribution in [2.75, 3.05) is 4.90 Å². The van der Waals surface area contributed by atoms with E-state index in [1.54, 1.807) is 11.3 Å². The van der Waals surface area contributed by atoms with Crippen LogP contribution in [0.5, 0.6) is 0 Å². The minimum atomic E-state index is 0. The zero-order valence-corrected chi connectivity index (χ0v) is 20.3. The van der Waals surface area contributed by atoms with Gasteiger partial charge in [0.15, 0.2) is 5.78 Å². The summed E-state index contributed by atoms with van der Waals surface area (Å²) in [4.78, 5) is 28.0. The monoisotopic (exact) mass is 471 g/mol. The van der Waals surface area contributed by atoms with Crippen molar-refractivity contribution in [1.29, 1.82) is 0 Å². The Morgan fingerprint density at radius 2 is 1.96 bits per heavy atom. The van der Waals surface area contributed by atoms with Crippen LogP contribution in [0.25, 0.3) is 0 Å². The van der Waals surface area contributed by atoms with Crippen molar-refractivity contribution in [1.82, 2.24) is 0 Å². The summed E-state index contributed by atoms with van der Waals surface area (Å²) in [6.45, 7) is 2.14. The number of ketones is 1. The molecule has 0 spiro atoms. The van der Waals surface area contributed by atoms with Crippen LogP contribution >= 0.6 is 11.3 Å². The van der Waals surface area contributed by atoms with Crippen molar-refractivity contribution in [2.45, 2.75) is 70.8 Å². The number of benzene rings is 1. The third-order valence-corrected chi connectivity index (χ3v) is 6.14. The maximum atomic E-state index is 12.4. The summed E-state index contributed by atoms with van der Waals surface area (Å²) in [6.07, 6.45) is 8.47. The first kappa shape index (κ1) is 23.4. The fraction of sp³-hybridized carbons (Fsp3) is 0.478. The Balaban J connectivity index is 0.00000280. The minimum Gasteiger partial charge on any atom is -0.309 e. The molecule has 3 rings (SSSR count). The molecule has 2 heterocycles. The molecule has 1 aliphatic rings. The third-order valence-electron chi connectivity index (χ3n) is 5.29. The van der Waals surface area contributed by atoms with Crippen molar-refractivity contribution in [3.8, 4) is 0 Å². The molecule has 0 saturated carbocycles. The van der Waals surface area contributed by atoms with Gasteiger partial charge in [-0.05, 0) is 43.5 Å². The number of anilines is 1. The number of carbonyl (C=O) groups excluding carboxylic acids is 2. The fourth-order valence-corrected chi connectivity index (χ4v) is 4.45. The van der Waals surface area contributed by atoms with Crippen molar-refractivity contribution in [3.63, 3.8) is 0 Å². The minimum absolute atomic E-state index is 0. The first-order valence-corrected chi connectivity index (χ1v) is 10.9. The Bertz CT molecular complexity index is 742. The molecule has 1 aromatic heterocycles. The quantitative estimate of drug-likeness (QED) is 0.249. The van der Waals surface area contributed by atoms with Crippen molar-refractivity contribution < 1.29 is 42.3 Å². The van der Waals surface area contributed by atoms with Gasteiger partial charge in [0, 0.05) is 62.8 Å². The molecule has 1 saturated heterocycles. The standard InChI is InChI=1S/C23H28NO2S.Y/c1-2-3-4-10-22(25)18-11-13-20(14-12-18)24-19(15-16-23(24)26)7-5-8-21-9-6-17-27-21;/h6,9,11-14,19H,2-5,7-8,10,15-16H2,1H3;/q-1;/t19-;/m0./s1. The van der Waals surface area contributed by atoms with E-state index in [1.165, 1.54) is 4.88 Å². The van der Waals surface area contributed by atoms with E-state index >= 15 is 0 Å². The third kappa shape index (κ3) is 6.33. The predicted octanol–water partition coefficient (Wildman–Crippen LogP) is 5.83. The van der Waals surface area contributed by atoms with Crippen LogP contribution in [0.4, 0.5) is 5.69 Å². The summed E-state index contributed by atoms with van der Waals surface area (Å²) in [7, 11) is 0. The van der Waals surface area contributed by atoms with Gasteiger partial charge in [0.25, 0.3) is 0 Å². The Kier molecular flexibility index (Phi) is 10.0. The van der Waals surface area contributed by atoms with Crippen LogP contribution in [0.3, 0.4) is 0 Å². The second-order valence-corrected chi connectivity index (χ2v) is 8.26. The summed E-state index contributed by atoms with van der Waals surface area (Å²) in [5, 5.41) is 3.13. The van der Waals surface area contributed by atoms with E-state index in [9.17, 15) is 9.59 Å². The van der Waals surface area contributed by atoms with E-state index in [-0.39, 0.29) is 50.4 Å². The Morgan fingerprint density at radius 3 is 2.64 bits per heavy atom. The molecule has 0 bridgehead atoms. The number of amides is 1. The maximum absolute atomic E-state index is 12.4. The summed E-state index contributed by atoms with van der Waals surface area (Å²) in [5.74, 6) is 0.401. The normalized spacial score (nSPS) is 16.2. The average Bonchev–Trinajstić information content (AvgIpc) is 3.32. The molecule has 1 fully saturated rings. The number of nitrogens with zero attached hydrogens (tertiary/aromatic N) is 1. The number of thiophene rings is 1. The van der Waals surface area contributed by atoms with Crippen molar-refractivity contribution in [3.05, 3.63) is 52.2 Å². The molecule has 1 amide bonds. The molecule has 5 heteroatoms. The van der Waals surface area contributed by atoms with E-state index in [0.717, 1.165) is 56.2 Å². The number of hydrogen-bond donors (Lipinski definition) is 0. The van der Waals surface area contributed by atoms with Gasteiger partial charge < -0.3 is 16.2 Å². The van der Waals surface area contributed by atoms with Gasteiger partial charge >= 0.3 is 0 Å². The molecule has 1 atom stereocenters. The first-order chi connectivity index (χ1) is 13.2. The van der Waals surface area contributed by atoms with Gasteiger partial charge in [-0.1, -0.05) is 32.6 Å². The van der Waals surface area contributed by atoms with Crippen LogP contribution in [0.2, 0.25) is 0 Å². The molecule has 0 unspecified atom stereocenters. The molecular formula is C23H28NO2SY-. The van der Waals surface area contributed by atoms with Crippen LogP contribution in [0.15, 0.2) is 36.4 Å². The number of aryl methyl sites for hydroxylation is 1. The van der Waals surface area contributed by atoms with Gasteiger partial charge in [0.2, 0.25) is 5.91 Å². The largest absolute Gasteiger partial charge is 0.309 e. The second kappa shape index (κ2) is 12.0. The molecule has 1 aromatic carbocycles. The molecular weight excluding hydrogens is 443 g/mol. The van der Waals surface area contributed by atoms with E-state index in [1.807, 2.05) is 35.2 Å². The second-order valence-electron chi connectivity index (χ2n) is 7.30. The Hall–Kier alpha value is -0.836. The zero-order chi connectivity index (χ0) is 19.1. The van der Waals surface area contributed by atoms with Crippen LogP contribution in [0.1, 0.15) is 73.5 Å². The Labute approximate surface area is 197 Å². The molecule has 0 aliphatic carbocycles. The molecule has 1 radical (unpaired) electrons. The Morgan fingerprint density at radius 1 is 1.18 bits per heavy atom. The summed E-state index contributed by atoms with van der Waals surface area (Å²) in [5.41, 5.74) is 1.68. The van der Waals surface area contributed by atoms with Crippen molar-refractivity contribution >= 4 is 28.7 Å². The van der Waals surface area contributed by atoms with Crippen LogP contribution in [0, 0.1) is 5.38 Å². The maximum Gasteiger partial charge on any atom is 0.227 e. The topological polar surface area (TPSA) is 37.4 Å². The summed E-state index contributed by atoms with van der Waals surface area (Å²) >= 11 is 1.68. The molecule has 28 heavy (non-hydrogen) atoms. The van der Waals surface area contributed by atoms with E-state index in [0.29, 0.717) is 12.8 Å². The predicted molar refractivity (Wildman–Crippen MR) is 112 cm³/mol. The van der Waals surface area contributed by atoms with Crippen LogP contribution < -0.4 is 4.90 Å². The molecule has 3 nitrogen and oxygen atoms in total. The molecule has 1 aliphatic heterocycles. The van der Waals surface area contributed by atoms with Gasteiger partial charge in [-0.15, -0.1) is 10.3 Å². The number of rotatable bonds is 10. The number of carbonyl (C=O) groups is 2. The fourth-order valence-electron chi connectivity index (χ4n) is 3.78. The van der Waals surface area contributed by atoms with Gasteiger partial charge in [0.1, 0.15) is 0 Å². The number of Topliss-reactive ketones (excluding diaryl/α,β-unsaturated/α-hetero) is 1. The molecule has 147 valence electrons. The van der Waals surface area contributed by atoms with Crippen LogP contribution in [-0.2, 0) is 43.9 Å². The van der Waals surface area contributed by atoms with E-state index in [2.05, 4.69) is 18.4 Å². The summed E-state index contributed by atoms with van der Waals surface area (Å²) in [6, 6.07) is 12.0. The first-order valence-electron chi connectivity index (χ1n) is 10.1. The van der Waals surface area contributed by atoms with Gasteiger partial charge in [0.05, 0.1) is 0 Å². The van der Waals surface area contributed by atoms with Gasteiger partial charge in [-0.3, -0.25) is 9.59 Å². The smallest absolute Gasteiger partial charge is 0.227 e. The number of unbranched alkanes of at least 4 members (excludes halogenated alkanes) is 2. The molecule has 2 aromatic rings. The van der Waals surface area contributed by atoms with Gasteiger partial charge in [-0.2, -0.15) is 6.07 Å². The summed E-state index contributed by atoms with van der Waals surface area (Å²) < 4.78 is 0. The van der Waals surface area contributed by atoms with E-state index in [4.69, 9.17) is 0 Å². The molecule has 0 N–H and O–H groups in total.